The van der Waals surface area contributed by atoms with Crippen LogP contribution in [0.2, 0.25) is 0 Å². The number of hydrogen-bond acceptors (Lipinski definition) is 10. The van der Waals surface area contributed by atoms with Crippen molar-refractivity contribution in [2.45, 2.75) is 96.0 Å². The van der Waals surface area contributed by atoms with Crippen LogP contribution in [0.3, 0.4) is 0 Å². The summed E-state index contributed by atoms with van der Waals surface area (Å²) in [5.74, 6) is -1.01. The number of carbonyl (C=O) groups is 2. The molecule has 0 bridgehead atoms. The summed E-state index contributed by atoms with van der Waals surface area (Å²) in [6, 6.07) is -2.20. The first-order valence-electron chi connectivity index (χ1n) is 10.5. The largest absolute Gasteiger partial charge is 0.394 e. The van der Waals surface area contributed by atoms with Gasteiger partial charge in [0.15, 0.2) is 6.29 Å². The summed E-state index contributed by atoms with van der Waals surface area (Å²) in [5.41, 5.74) is -0.342. The van der Waals surface area contributed by atoms with Crippen LogP contribution in [-0.4, -0.2) is 111 Å². The van der Waals surface area contributed by atoms with Crippen LogP contribution in [0.25, 0.3) is 0 Å². The molecule has 0 spiro atoms. The molecule has 0 aromatic heterocycles. The molecular weight excluding hydrogens is 428 g/mol. The van der Waals surface area contributed by atoms with E-state index in [9.17, 15) is 40.2 Å². The third kappa shape index (κ3) is 8.19. The van der Waals surface area contributed by atoms with E-state index in [-0.39, 0.29) is 11.8 Å². The van der Waals surface area contributed by atoms with Crippen molar-refractivity contribution in [2.24, 2.45) is 5.41 Å². The lowest BCUT2D eigenvalue weighted by atomic mass is 9.84. The van der Waals surface area contributed by atoms with Crippen LogP contribution in [0.1, 0.15) is 41.0 Å². The molecule has 12 nitrogen and oxygen atoms in total. The van der Waals surface area contributed by atoms with Crippen LogP contribution in [0.15, 0.2) is 0 Å². The Morgan fingerprint density at radius 1 is 1.06 bits per heavy atom. The Balaban J connectivity index is 3.25. The first-order chi connectivity index (χ1) is 14.7. The van der Waals surface area contributed by atoms with Gasteiger partial charge in [-0.15, -0.1) is 0 Å². The molecule has 1 unspecified atom stereocenters. The number of carbonyl (C=O) groups excluding carboxylic acids is 2. The highest BCUT2D eigenvalue weighted by Gasteiger charge is 2.48. The van der Waals surface area contributed by atoms with Crippen LogP contribution in [0, 0.1) is 5.41 Å². The fourth-order valence-electron chi connectivity index (χ4n) is 3.65. The van der Waals surface area contributed by atoms with Crippen molar-refractivity contribution in [1.29, 1.82) is 0 Å². The molecule has 0 aliphatic carbocycles. The van der Waals surface area contributed by atoms with Gasteiger partial charge < -0.3 is 50.7 Å². The Kier molecular flexibility index (Phi) is 10.9. The Morgan fingerprint density at radius 2 is 1.66 bits per heavy atom. The van der Waals surface area contributed by atoms with E-state index >= 15 is 0 Å². The number of aliphatic hydroxyl groups excluding tert-OH is 6. The molecule has 0 saturated carbocycles. The maximum Gasteiger partial charge on any atom is 0.217 e. The molecule has 1 rings (SSSR count). The van der Waals surface area contributed by atoms with Gasteiger partial charge in [0.2, 0.25) is 11.8 Å². The second-order valence-electron chi connectivity index (χ2n) is 9.35. The second kappa shape index (κ2) is 12.2. The normalized spacial score (nSPS) is 30.2. The molecule has 1 aliphatic rings. The Hall–Kier alpha value is -1.38. The van der Waals surface area contributed by atoms with E-state index in [4.69, 9.17) is 9.47 Å². The third-order valence-corrected chi connectivity index (χ3v) is 5.08. The van der Waals surface area contributed by atoms with E-state index in [1.807, 2.05) is 20.8 Å². The fourth-order valence-corrected chi connectivity index (χ4v) is 3.65. The highest BCUT2D eigenvalue weighted by atomic mass is 16.7. The van der Waals surface area contributed by atoms with Gasteiger partial charge in [0.1, 0.15) is 42.7 Å². The molecule has 1 fully saturated rings. The summed E-state index contributed by atoms with van der Waals surface area (Å²) < 4.78 is 11.2. The monoisotopic (exact) mass is 466 g/mol. The summed E-state index contributed by atoms with van der Waals surface area (Å²) in [4.78, 5) is 23.3. The van der Waals surface area contributed by atoms with Gasteiger partial charge in [-0.3, -0.25) is 9.59 Å². The summed E-state index contributed by atoms with van der Waals surface area (Å²) in [6.45, 7) is 6.59. The topological polar surface area (TPSA) is 198 Å². The van der Waals surface area contributed by atoms with Crippen LogP contribution in [0.5, 0.6) is 0 Å². The minimum atomic E-state index is -1.63. The van der Waals surface area contributed by atoms with Crippen molar-refractivity contribution in [3.8, 4) is 0 Å². The van der Waals surface area contributed by atoms with Crippen LogP contribution >= 0.6 is 0 Å². The standard InChI is InChI=1S/C20H38N2O10/c1-9(25)21-11(6-20(3,4)5)15(28)18(12(27)7-23)32-19-14(22-10(2)26)17(30)16(29)13(8-24)31-19/h11-19,23-24,27-30H,6-8H2,1-5H3,(H,21,25)(H,22,26)/t11-,12+,13+,14+,15?,16+,17+,18+,19-/m0/s1. The van der Waals surface area contributed by atoms with E-state index in [1.54, 1.807) is 0 Å². The molecule has 1 heterocycles. The lowest BCUT2D eigenvalue weighted by molar-refractivity contribution is -0.299. The Bertz CT molecular complexity index is 614. The Labute approximate surface area is 187 Å². The SMILES string of the molecule is CC(=O)N[C@H]1[C@H](O[C@@H](C(O)[C@H](CC(C)(C)C)NC(C)=O)[C@H](O)CO)O[C@H](CO)[C@@H](O)[C@@H]1O. The van der Waals surface area contributed by atoms with E-state index in [0.717, 1.165) is 0 Å². The number of hydrogen-bond donors (Lipinski definition) is 8. The average molecular weight is 467 g/mol. The summed E-state index contributed by atoms with van der Waals surface area (Å²) in [6.07, 6.45) is -10.3. The Morgan fingerprint density at radius 3 is 2.09 bits per heavy atom. The highest BCUT2D eigenvalue weighted by molar-refractivity contribution is 5.73. The molecule has 0 radical (unpaired) electrons. The molecule has 188 valence electrons. The number of aliphatic hydroxyl groups is 6. The molecule has 9 atom stereocenters. The lowest BCUT2D eigenvalue weighted by Crippen LogP contribution is -2.66. The van der Waals surface area contributed by atoms with Crippen molar-refractivity contribution < 1.29 is 49.7 Å². The number of nitrogens with one attached hydrogen (secondary N) is 2. The zero-order valence-electron chi connectivity index (χ0n) is 19.1. The van der Waals surface area contributed by atoms with Crippen LogP contribution < -0.4 is 10.6 Å². The van der Waals surface area contributed by atoms with Gasteiger partial charge in [-0.1, -0.05) is 20.8 Å². The average Bonchev–Trinajstić information content (AvgIpc) is 2.67. The number of ether oxygens (including phenoxy) is 2. The maximum absolute atomic E-state index is 11.7. The van der Waals surface area contributed by atoms with E-state index in [0.29, 0.717) is 0 Å². The summed E-state index contributed by atoms with van der Waals surface area (Å²) >= 11 is 0. The molecule has 1 aliphatic heterocycles. The number of amides is 2. The van der Waals surface area contributed by atoms with E-state index in [2.05, 4.69) is 10.6 Å². The minimum absolute atomic E-state index is 0.285. The zero-order valence-corrected chi connectivity index (χ0v) is 19.1. The van der Waals surface area contributed by atoms with Crippen molar-refractivity contribution >= 4 is 11.8 Å². The molecule has 8 N–H and O–H groups in total. The second-order valence-corrected chi connectivity index (χ2v) is 9.35. The van der Waals surface area contributed by atoms with Gasteiger partial charge in [-0.2, -0.15) is 0 Å². The van der Waals surface area contributed by atoms with Gasteiger partial charge in [0, 0.05) is 13.8 Å². The molecule has 32 heavy (non-hydrogen) atoms. The van der Waals surface area contributed by atoms with Crippen molar-refractivity contribution in [1.82, 2.24) is 10.6 Å². The molecule has 0 aromatic rings. The van der Waals surface area contributed by atoms with Crippen LogP contribution in [-0.2, 0) is 19.1 Å². The molecular formula is C20H38N2O10. The summed E-state index contributed by atoms with van der Waals surface area (Å²) in [5, 5.41) is 65.9. The predicted octanol–water partition coefficient (Wildman–Crippen LogP) is -3.03. The van der Waals surface area contributed by atoms with Crippen molar-refractivity contribution in [3.05, 3.63) is 0 Å². The highest BCUT2D eigenvalue weighted by Crippen LogP contribution is 2.28. The summed E-state index contributed by atoms with van der Waals surface area (Å²) in [7, 11) is 0. The van der Waals surface area contributed by atoms with E-state index < -0.39 is 80.0 Å². The van der Waals surface area contributed by atoms with Crippen molar-refractivity contribution in [2.75, 3.05) is 13.2 Å². The van der Waals surface area contributed by atoms with Gasteiger partial charge >= 0.3 is 0 Å². The van der Waals surface area contributed by atoms with Gasteiger partial charge in [-0.25, -0.2) is 0 Å². The van der Waals surface area contributed by atoms with Crippen molar-refractivity contribution in [3.63, 3.8) is 0 Å². The smallest absolute Gasteiger partial charge is 0.217 e. The molecule has 1 saturated heterocycles. The minimum Gasteiger partial charge on any atom is -0.394 e. The third-order valence-electron chi connectivity index (χ3n) is 5.08. The molecule has 12 heteroatoms. The van der Waals surface area contributed by atoms with Gasteiger partial charge in [0.05, 0.1) is 19.3 Å². The quantitative estimate of drug-likeness (QED) is 0.164. The zero-order chi connectivity index (χ0) is 24.8. The molecule has 0 aromatic carbocycles. The fraction of sp³-hybridized carbons (Fsp3) is 0.900. The first kappa shape index (κ1) is 28.7. The van der Waals surface area contributed by atoms with Gasteiger partial charge in [0.25, 0.3) is 0 Å². The predicted molar refractivity (Wildman–Crippen MR) is 111 cm³/mol. The first-order valence-corrected chi connectivity index (χ1v) is 10.5. The van der Waals surface area contributed by atoms with E-state index in [1.165, 1.54) is 13.8 Å². The van der Waals surface area contributed by atoms with Crippen LogP contribution in [0.4, 0.5) is 0 Å². The number of rotatable bonds is 10. The maximum atomic E-state index is 11.7. The lowest BCUT2D eigenvalue weighted by Gasteiger charge is -2.44. The molecule has 2 amide bonds. The van der Waals surface area contributed by atoms with Gasteiger partial charge in [-0.05, 0) is 11.8 Å².